The molecule has 74 valence electrons. The lowest BCUT2D eigenvalue weighted by Gasteiger charge is -2.16. The molecule has 0 atom stereocenters. The highest BCUT2D eigenvalue weighted by atomic mass is 32.2. The van der Waals surface area contributed by atoms with E-state index in [0.717, 1.165) is 28.3 Å². The number of nitrogens with zero attached hydrogens (tertiary/aromatic N) is 1. The van der Waals surface area contributed by atoms with Crippen molar-refractivity contribution in [1.82, 2.24) is 0 Å². The summed E-state index contributed by atoms with van der Waals surface area (Å²) in [4.78, 5) is 15.8. The standard InChI is InChI=1S/C12H9NOS/c14-12-10-7-15-6-5-8(10)9-3-1-2-4-11(9)13-12/h1-4,7H,5-6H2. The molecule has 2 aliphatic rings. The van der Waals surface area contributed by atoms with Crippen LogP contribution in [-0.2, 0) is 4.79 Å². The Bertz CT molecular complexity index is 586. The zero-order valence-electron chi connectivity index (χ0n) is 8.06. The Morgan fingerprint density at radius 1 is 1.27 bits per heavy atom. The van der Waals surface area contributed by atoms with Crippen molar-refractivity contribution in [2.45, 2.75) is 6.42 Å². The fraction of sp³-hybridized carbons (Fsp3) is 0.167. The number of amides is 1. The Balaban J connectivity index is 2.45. The summed E-state index contributed by atoms with van der Waals surface area (Å²) in [5.74, 6) is 0.969. The van der Waals surface area contributed by atoms with E-state index in [1.54, 1.807) is 11.8 Å². The maximum absolute atomic E-state index is 11.7. The third-order valence-electron chi connectivity index (χ3n) is 2.68. The molecule has 1 amide bonds. The van der Waals surface area contributed by atoms with Gasteiger partial charge in [0, 0.05) is 11.0 Å². The number of para-hydroxylation sites is 1. The summed E-state index contributed by atoms with van der Waals surface area (Å²) in [6.07, 6.45) is 0.967. The SMILES string of the molecule is O=C1N=c2ccccc2=C2CCSC=C12. The van der Waals surface area contributed by atoms with Gasteiger partial charge in [0.25, 0.3) is 5.91 Å². The molecule has 0 bridgehead atoms. The predicted molar refractivity (Wildman–Crippen MR) is 60.8 cm³/mol. The second kappa shape index (κ2) is 3.35. The first-order valence-corrected chi connectivity index (χ1v) is 5.94. The zero-order valence-corrected chi connectivity index (χ0v) is 8.88. The van der Waals surface area contributed by atoms with Crippen LogP contribution in [0.2, 0.25) is 0 Å². The Morgan fingerprint density at radius 2 is 2.13 bits per heavy atom. The van der Waals surface area contributed by atoms with Crippen LogP contribution in [0.5, 0.6) is 0 Å². The lowest BCUT2D eigenvalue weighted by atomic mass is 9.98. The van der Waals surface area contributed by atoms with E-state index in [1.807, 2.05) is 29.7 Å². The molecule has 0 radical (unpaired) electrons. The summed E-state index contributed by atoms with van der Waals surface area (Å²) in [5.41, 5.74) is 1.97. The van der Waals surface area contributed by atoms with Gasteiger partial charge in [0.2, 0.25) is 0 Å². The minimum Gasteiger partial charge on any atom is -0.267 e. The number of hydrogen-bond donors (Lipinski definition) is 0. The van der Waals surface area contributed by atoms with Crippen molar-refractivity contribution in [1.29, 1.82) is 0 Å². The van der Waals surface area contributed by atoms with E-state index in [1.165, 1.54) is 5.57 Å². The van der Waals surface area contributed by atoms with E-state index in [2.05, 4.69) is 4.99 Å². The van der Waals surface area contributed by atoms with Crippen LogP contribution in [0.3, 0.4) is 0 Å². The van der Waals surface area contributed by atoms with Gasteiger partial charge in [-0.3, -0.25) is 4.79 Å². The summed E-state index contributed by atoms with van der Waals surface area (Å²) in [5, 5.41) is 3.89. The van der Waals surface area contributed by atoms with Gasteiger partial charge < -0.3 is 0 Å². The molecule has 3 rings (SSSR count). The Hall–Kier alpha value is -1.35. The van der Waals surface area contributed by atoms with Gasteiger partial charge in [-0.2, -0.15) is 0 Å². The Kier molecular flexibility index (Phi) is 1.99. The van der Waals surface area contributed by atoms with E-state index in [4.69, 9.17) is 0 Å². The van der Waals surface area contributed by atoms with Crippen molar-refractivity contribution in [3.63, 3.8) is 0 Å². The number of fused-ring (bicyclic) bond motifs is 2. The van der Waals surface area contributed by atoms with Crippen molar-refractivity contribution in [2.75, 3.05) is 5.75 Å². The fourth-order valence-corrected chi connectivity index (χ4v) is 2.81. The molecule has 0 fully saturated rings. The monoisotopic (exact) mass is 215 g/mol. The number of benzene rings is 1. The van der Waals surface area contributed by atoms with E-state index < -0.39 is 0 Å². The Labute approximate surface area is 91.4 Å². The van der Waals surface area contributed by atoms with Gasteiger partial charge >= 0.3 is 0 Å². The van der Waals surface area contributed by atoms with Crippen LogP contribution in [0.15, 0.2) is 40.2 Å². The molecule has 2 aliphatic heterocycles. The molecular formula is C12H9NOS. The number of thioether (sulfide) groups is 1. The van der Waals surface area contributed by atoms with E-state index in [0.29, 0.717) is 0 Å². The van der Waals surface area contributed by atoms with Crippen molar-refractivity contribution in [3.8, 4) is 0 Å². The second-order valence-electron chi connectivity index (χ2n) is 3.56. The van der Waals surface area contributed by atoms with Crippen molar-refractivity contribution in [2.24, 2.45) is 4.99 Å². The molecule has 3 heteroatoms. The van der Waals surface area contributed by atoms with Crippen molar-refractivity contribution >= 4 is 23.2 Å². The van der Waals surface area contributed by atoms with Gasteiger partial charge in [-0.05, 0) is 23.5 Å². The Morgan fingerprint density at radius 3 is 3.07 bits per heavy atom. The number of carbonyl (C=O) groups excluding carboxylic acids is 1. The maximum Gasteiger partial charge on any atom is 0.278 e. The van der Waals surface area contributed by atoms with E-state index >= 15 is 0 Å². The zero-order chi connectivity index (χ0) is 10.3. The third kappa shape index (κ3) is 1.35. The molecule has 2 heterocycles. The first-order chi connectivity index (χ1) is 7.36. The summed E-state index contributed by atoms with van der Waals surface area (Å²) in [6, 6.07) is 7.86. The topological polar surface area (TPSA) is 29.4 Å². The third-order valence-corrected chi connectivity index (χ3v) is 3.52. The van der Waals surface area contributed by atoms with E-state index in [-0.39, 0.29) is 5.91 Å². The van der Waals surface area contributed by atoms with Crippen LogP contribution < -0.4 is 10.6 Å². The quantitative estimate of drug-likeness (QED) is 0.646. The fourth-order valence-electron chi connectivity index (χ4n) is 1.96. The summed E-state index contributed by atoms with van der Waals surface area (Å²) < 4.78 is 0. The number of hydrogen-bond acceptors (Lipinski definition) is 2. The molecule has 0 N–H and O–H groups in total. The van der Waals surface area contributed by atoms with Gasteiger partial charge in [0.05, 0.1) is 10.9 Å². The molecule has 1 aromatic rings. The minimum absolute atomic E-state index is 0.0871. The molecular weight excluding hydrogens is 206 g/mol. The van der Waals surface area contributed by atoms with Crippen LogP contribution in [0.25, 0.3) is 5.57 Å². The number of carbonyl (C=O) groups is 1. The molecule has 0 aliphatic carbocycles. The lowest BCUT2D eigenvalue weighted by molar-refractivity contribution is -0.114. The average molecular weight is 215 g/mol. The molecule has 0 unspecified atom stereocenters. The van der Waals surface area contributed by atoms with Gasteiger partial charge in [0.15, 0.2) is 0 Å². The van der Waals surface area contributed by atoms with Crippen LogP contribution in [0.4, 0.5) is 0 Å². The van der Waals surface area contributed by atoms with Crippen LogP contribution >= 0.6 is 11.8 Å². The maximum atomic E-state index is 11.7. The normalized spacial score (nSPS) is 18.8. The number of rotatable bonds is 0. The van der Waals surface area contributed by atoms with Gasteiger partial charge in [-0.1, -0.05) is 18.2 Å². The van der Waals surface area contributed by atoms with Crippen LogP contribution in [0, 0.1) is 0 Å². The lowest BCUT2D eigenvalue weighted by Crippen LogP contribution is -2.34. The van der Waals surface area contributed by atoms with Crippen LogP contribution in [0.1, 0.15) is 6.42 Å². The first-order valence-electron chi connectivity index (χ1n) is 4.90. The van der Waals surface area contributed by atoms with Crippen molar-refractivity contribution in [3.05, 3.63) is 45.8 Å². The van der Waals surface area contributed by atoms with Crippen molar-refractivity contribution < 1.29 is 4.79 Å². The first kappa shape index (κ1) is 8.92. The predicted octanol–water partition coefficient (Wildman–Crippen LogP) is 1.02. The highest BCUT2D eigenvalue weighted by molar-refractivity contribution is 8.02. The summed E-state index contributed by atoms with van der Waals surface area (Å²) in [6.45, 7) is 0. The smallest absolute Gasteiger partial charge is 0.267 e. The van der Waals surface area contributed by atoms with Crippen LogP contribution in [-0.4, -0.2) is 11.7 Å². The van der Waals surface area contributed by atoms with Gasteiger partial charge in [0.1, 0.15) is 0 Å². The van der Waals surface area contributed by atoms with Gasteiger partial charge in [-0.15, -0.1) is 11.8 Å². The largest absolute Gasteiger partial charge is 0.278 e. The molecule has 0 spiro atoms. The molecule has 0 aromatic heterocycles. The summed E-state index contributed by atoms with van der Waals surface area (Å²) in [7, 11) is 0. The summed E-state index contributed by atoms with van der Waals surface area (Å²) >= 11 is 1.70. The molecule has 0 saturated heterocycles. The second-order valence-corrected chi connectivity index (χ2v) is 4.54. The molecule has 15 heavy (non-hydrogen) atoms. The molecule has 1 aromatic carbocycles. The molecule has 2 nitrogen and oxygen atoms in total. The molecule has 0 saturated carbocycles. The highest BCUT2D eigenvalue weighted by Gasteiger charge is 2.21. The average Bonchev–Trinajstić information content (AvgIpc) is 2.30. The minimum atomic E-state index is -0.0871. The van der Waals surface area contributed by atoms with E-state index in [9.17, 15) is 4.79 Å². The van der Waals surface area contributed by atoms with Gasteiger partial charge in [-0.25, -0.2) is 4.99 Å². The highest BCUT2D eigenvalue weighted by Crippen LogP contribution is 2.28.